The van der Waals surface area contributed by atoms with Gasteiger partial charge in [0.25, 0.3) is 0 Å². The first kappa shape index (κ1) is 16.0. The van der Waals surface area contributed by atoms with Crippen molar-refractivity contribution >= 4 is 11.5 Å². The van der Waals surface area contributed by atoms with Crippen LogP contribution in [0.25, 0.3) is 5.70 Å². The molecule has 2 aromatic carbocycles. The lowest BCUT2D eigenvalue weighted by molar-refractivity contribution is 0.104. The summed E-state index contributed by atoms with van der Waals surface area (Å²) in [5, 5.41) is 12.3. The molecule has 3 rings (SSSR count). The van der Waals surface area contributed by atoms with Crippen LogP contribution in [0.2, 0.25) is 0 Å². The van der Waals surface area contributed by atoms with Gasteiger partial charge in [-0.2, -0.15) is 5.26 Å². The number of carbonyl (C=O) groups excluding carboxylic acids is 1. The largest absolute Gasteiger partial charge is 0.379 e. The number of benzene rings is 2. The van der Waals surface area contributed by atoms with Gasteiger partial charge in [-0.15, -0.1) is 0 Å². The van der Waals surface area contributed by atoms with E-state index < -0.39 is 0 Å². The van der Waals surface area contributed by atoms with Gasteiger partial charge in [-0.1, -0.05) is 23.8 Å². The van der Waals surface area contributed by atoms with Gasteiger partial charge in [0.2, 0.25) is 0 Å². The zero-order valence-electron chi connectivity index (χ0n) is 14.2. The highest BCUT2D eigenvalue weighted by Gasteiger charge is 2.27. The molecule has 0 saturated heterocycles. The summed E-state index contributed by atoms with van der Waals surface area (Å²) in [7, 11) is 0. The van der Waals surface area contributed by atoms with Crippen molar-refractivity contribution in [2.75, 3.05) is 0 Å². The van der Waals surface area contributed by atoms with Crippen LogP contribution >= 0.6 is 0 Å². The molecule has 0 bridgehead atoms. The van der Waals surface area contributed by atoms with Crippen LogP contribution in [0.4, 0.5) is 0 Å². The topological polar surface area (TPSA) is 52.9 Å². The van der Waals surface area contributed by atoms with Crippen molar-refractivity contribution in [1.29, 1.82) is 5.26 Å². The third kappa shape index (κ3) is 3.23. The third-order valence-corrected chi connectivity index (χ3v) is 4.23. The van der Waals surface area contributed by atoms with Crippen molar-refractivity contribution in [3.8, 4) is 6.07 Å². The van der Waals surface area contributed by atoms with Gasteiger partial charge >= 0.3 is 0 Å². The Kier molecular flexibility index (Phi) is 3.99. The first-order valence-electron chi connectivity index (χ1n) is 8.02. The van der Waals surface area contributed by atoms with Gasteiger partial charge in [0.15, 0.2) is 5.78 Å². The molecule has 2 aromatic rings. The SMILES string of the molecule is Cc1ccc2c(c1)CC(C)(C)N/C2=C\C(=O)c1ccc(C#N)cc1. The lowest BCUT2D eigenvalue weighted by Crippen LogP contribution is -2.43. The fraction of sp³-hybridized carbons (Fsp3) is 0.238. The summed E-state index contributed by atoms with van der Waals surface area (Å²) >= 11 is 0. The third-order valence-electron chi connectivity index (χ3n) is 4.23. The van der Waals surface area contributed by atoms with Crippen LogP contribution < -0.4 is 5.32 Å². The molecule has 1 aliphatic rings. The average Bonchev–Trinajstić information content (AvgIpc) is 2.53. The van der Waals surface area contributed by atoms with Crippen molar-refractivity contribution in [3.05, 3.63) is 76.4 Å². The zero-order chi connectivity index (χ0) is 17.3. The quantitative estimate of drug-likeness (QED) is 0.672. The van der Waals surface area contributed by atoms with Crippen molar-refractivity contribution < 1.29 is 4.79 Å². The van der Waals surface area contributed by atoms with Gasteiger partial charge in [0.1, 0.15) is 0 Å². The lowest BCUT2D eigenvalue weighted by Gasteiger charge is -2.35. The highest BCUT2D eigenvalue weighted by molar-refractivity contribution is 6.08. The maximum absolute atomic E-state index is 12.6. The van der Waals surface area contributed by atoms with Gasteiger partial charge < -0.3 is 5.32 Å². The number of rotatable bonds is 2. The number of fused-ring (bicyclic) bond motifs is 1. The minimum Gasteiger partial charge on any atom is -0.379 e. The lowest BCUT2D eigenvalue weighted by atomic mass is 9.84. The van der Waals surface area contributed by atoms with Crippen LogP contribution in [0.15, 0.2) is 48.5 Å². The number of nitrogens with zero attached hydrogens (tertiary/aromatic N) is 1. The summed E-state index contributed by atoms with van der Waals surface area (Å²) in [5.41, 5.74) is 5.47. The van der Waals surface area contributed by atoms with Crippen LogP contribution in [0.1, 0.15) is 46.5 Å². The van der Waals surface area contributed by atoms with Crippen LogP contribution in [0.5, 0.6) is 0 Å². The molecule has 1 aliphatic heterocycles. The van der Waals surface area contributed by atoms with Gasteiger partial charge in [0, 0.05) is 28.4 Å². The van der Waals surface area contributed by atoms with E-state index in [1.165, 1.54) is 11.1 Å². The molecule has 1 N–H and O–H groups in total. The van der Waals surface area contributed by atoms with Gasteiger partial charge in [-0.3, -0.25) is 4.79 Å². The molecular formula is C21H20N2O. The van der Waals surface area contributed by atoms with E-state index in [4.69, 9.17) is 5.26 Å². The van der Waals surface area contributed by atoms with E-state index in [0.29, 0.717) is 11.1 Å². The van der Waals surface area contributed by atoms with Crippen molar-refractivity contribution in [2.45, 2.75) is 32.7 Å². The minimum absolute atomic E-state index is 0.0637. The molecule has 0 fully saturated rings. The van der Waals surface area contributed by atoms with E-state index in [1.807, 2.05) is 0 Å². The Morgan fingerprint density at radius 2 is 1.92 bits per heavy atom. The van der Waals surface area contributed by atoms with Crippen molar-refractivity contribution in [1.82, 2.24) is 5.32 Å². The monoisotopic (exact) mass is 316 g/mol. The molecule has 3 nitrogen and oxygen atoms in total. The molecule has 1 heterocycles. The predicted octanol–water partition coefficient (Wildman–Crippen LogP) is 4.01. The number of nitriles is 1. The summed E-state index contributed by atoms with van der Waals surface area (Å²) in [5.74, 6) is -0.0637. The van der Waals surface area contributed by atoms with Crippen molar-refractivity contribution in [2.24, 2.45) is 0 Å². The second-order valence-electron chi connectivity index (χ2n) is 6.96. The summed E-state index contributed by atoms with van der Waals surface area (Å²) in [6.45, 7) is 6.36. The number of hydrogen-bond acceptors (Lipinski definition) is 3. The fourth-order valence-electron chi connectivity index (χ4n) is 3.12. The smallest absolute Gasteiger partial charge is 0.187 e. The van der Waals surface area contributed by atoms with E-state index >= 15 is 0 Å². The molecule has 0 atom stereocenters. The van der Waals surface area contributed by atoms with Gasteiger partial charge in [0.05, 0.1) is 11.6 Å². The molecule has 0 amide bonds. The van der Waals surface area contributed by atoms with Crippen molar-refractivity contribution in [3.63, 3.8) is 0 Å². The minimum atomic E-state index is -0.0996. The Morgan fingerprint density at radius 1 is 1.21 bits per heavy atom. The van der Waals surface area contributed by atoms with E-state index in [-0.39, 0.29) is 11.3 Å². The number of ketones is 1. The number of allylic oxidation sites excluding steroid dienone is 1. The summed E-state index contributed by atoms with van der Waals surface area (Å²) in [6.07, 6.45) is 2.59. The first-order chi connectivity index (χ1) is 11.4. The first-order valence-corrected chi connectivity index (χ1v) is 8.02. The van der Waals surface area contributed by atoms with Crippen LogP contribution in [0, 0.1) is 18.3 Å². The zero-order valence-corrected chi connectivity index (χ0v) is 14.2. The molecule has 0 spiro atoms. The fourth-order valence-corrected chi connectivity index (χ4v) is 3.12. The van der Waals surface area contributed by atoms with Gasteiger partial charge in [-0.25, -0.2) is 0 Å². The Hall–Kier alpha value is -2.86. The standard InChI is InChI=1S/C21H20N2O/c1-14-4-9-18-17(10-14)12-21(2,3)23-19(18)11-20(24)16-7-5-15(13-22)6-8-16/h4-11,23H,12H2,1-3H3/b19-11-. The molecule has 0 aliphatic carbocycles. The normalized spacial score (nSPS) is 16.8. The number of carbonyl (C=O) groups is 1. The second-order valence-corrected chi connectivity index (χ2v) is 6.96. The van der Waals surface area contributed by atoms with E-state index in [2.05, 4.69) is 50.4 Å². The molecule has 24 heavy (non-hydrogen) atoms. The Bertz CT molecular complexity index is 868. The summed E-state index contributed by atoms with van der Waals surface area (Å²) in [6, 6.07) is 15.1. The average molecular weight is 316 g/mol. The highest BCUT2D eigenvalue weighted by Crippen LogP contribution is 2.30. The maximum Gasteiger partial charge on any atom is 0.187 e. The highest BCUT2D eigenvalue weighted by atomic mass is 16.1. The molecule has 0 unspecified atom stereocenters. The molecule has 0 saturated carbocycles. The van der Waals surface area contributed by atoms with E-state index in [0.717, 1.165) is 17.7 Å². The Balaban J connectivity index is 1.99. The molecular weight excluding hydrogens is 296 g/mol. The maximum atomic E-state index is 12.6. The van der Waals surface area contributed by atoms with Crippen LogP contribution in [-0.4, -0.2) is 11.3 Å². The number of aryl methyl sites for hydroxylation is 1. The second kappa shape index (κ2) is 5.98. The van der Waals surface area contributed by atoms with E-state index in [1.54, 1.807) is 30.3 Å². The molecule has 0 radical (unpaired) electrons. The summed E-state index contributed by atoms with van der Waals surface area (Å²) < 4.78 is 0. The van der Waals surface area contributed by atoms with Gasteiger partial charge in [-0.05, 0) is 57.0 Å². The Labute approximate surface area is 142 Å². The number of hydrogen-bond donors (Lipinski definition) is 1. The molecule has 0 aromatic heterocycles. The van der Waals surface area contributed by atoms with E-state index in [9.17, 15) is 4.79 Å². The Morgan fingerprint density at radius 3 is 2.58 bits per heavy atom. The summed E-state index contributed by atoms with van der Waals surface area (Å²) in [4.78, 5) is 12.6. The molecule has 3 heteroatoms. The van der Waals surface area contributed by atoms with Crippen LogP contribution in [-0.2, 0) is 6.42 Å². The molecule has 120 valence electrons. The number of nitrogens with one attached hydrogen (secondary N) is 1. The van der Waals surface area contributed by atoms with Crippen LogP contribution in [0.3, 0.4) is 0 Å². The predicted molar refractivity (Wildman–Crippen MR) is 95.6 cm³/mol.